The third kappa shape index (κ3) is 3.97. The Hall–Kier alpha value is -2.73. The van der Waals surface area contributed by atoms with Gasteiger partial charge in [0.05, 0.1) is 21.3 Å². The molecule has 0 fully saturated rings. The standard InChI is InChI=1S/C18H22N2O4/c1-22-14-10-16(24-3)15(23-2)9-13(14)11-20-17(18(19)21)12-7-5-4-6-8-12/h4-10,17,20H,11H2,1-3H3,(H2,19,21). The van der Waals surface area contributed by atoms with E-state index in [0.29, 0.717) is 23.8 Å². The molecule has 0 aliphatic heterocycles. The summed E-state index contributed by atoms with van der Waals surface area (Å²) < 4.78 is 16.0. The molecule has 3 N–H and O–H groups in total. The lowest BCUT2D eigenvalue weighted by molar-refractivity contribution is -0.120. The predicted molar refractivity (Wildman–Crippen MR) is 91.3 cm³/mol. The topological polar surface area (TPSA) is 82.8 Å². The van der Waals surface area contributed by atoms with Crippen molar-refractivity contribution in [1.82, 2.24) is 5.32 Å². The molecule has 1 atom stereocenters. The SMILES string of the molecule is COc1cc(OC)c(OC)cc1CNC(C(N)=O)c1ccccc1. The van der Waals surface area contributed by atoms with Crippen LogP contribution in [0.15, 0.2) is 42.5 Å². The number of ether oxygens (including phenoxy) is 3. The zero-order valence-electron chi connectivity index (χ0n) is 14.0. The van der Waals surface area contributed by atoms with Gasteiger partial charge in [-0.25, -0.2) is 0 Å². The monoisotopic (exact) mass is 330 g/mol. The van der Waals surface area contributed by atoms with Gasteiger partial charge in [0.25, 0.3) is 0 Å². The number of nitrogens with two attached hydrogens (primary N) is 1. The number of carbonyl (C=O) groups excluding carboxylic acids is 1. The predicted octanol–water partition coefficient (Wildman–Crippen LogP) is 2.03. The molecule has 0 bridgehead atoms. The maximum absolute atomic E-state index is 11.8. The molecule has 0 radical (unpaired) electrons. The summed E-state index contributed by atoms with van der Waals surface area (Å²) in [6.45, 7) is 0.381. The highest BCUT2D eigenvalue weighted by Crippen LogP contribution is 2.34. The second kappa shape index (κ2) is 8.21. The summed E-state index contributed by atoms with van der Waals surface area (Å²) in [7, 11) is 4.71. The van der Waals surface area contributed by atoms with E-state index in [4.69, 9.17) is 19.9 Å². The van der Waals surface area contributed by atoms with Crippen molar-refractivity contribution in [1.29, 1.82) is 0 Å². The lowest BCUT2D eigenvalue weighted by Crippen LogP contribution is -2.33. The summed E-state index contributed by atoms with van der Waals surface area (Å²) in [6.07, 6.45) is 0. The fourth-order valence-corrected chi connectivity index (χ4v) is 2.47. The summed E-state index contributed by atoms with van der Waals surface area (Å²) >= 11 is 0. The lowest BCUT2D eigenvalue weighted by Gasteiger charge is -2.18. The van der Waals surface area contributed by atoms with E-state index >= 15 is 0 Å². The molecule has 6 heteroatoms. The number of methoxy groups -OCH3 is 3. The maximum Gasteiger partial charge on any atom is 0.239 e. The second-order valence-corrected chi connectivity index (χ2v) is 5.15. The molecule has 0 heterocycles. The van der Waals surface area contributed by atoms with Crippen LogP contribution in [0.3, 0.4) is 0 Å². The second-order valence-electron chi connectivity index (χ2n) is 5.15. The van der Waals surface area contributed by atoms with Crippen LogP contribution in [-0.2, 0) is 11.3 Å². The molecular formula is C18H22N2O4. The van der Waals surface area contributed by atoms with Crippen LogP contribution in [0.2, 0.25) is 0 Å². The zero-order chi connectivity index (χ0) is 17.5. The largest absolute Gasteiger partial charge is 0.496 e. The minimum absolute atomic E-state index is 0.381. The van der Waals surface area contributed by atoms with Crippen LogP contribution >= 0.6 is 0 Å². The van der Waals surface area contributed by atoms with Gasteiger partial charge in [0, 0.05) is 18.2 Å². The van der Waals surface area contributed by atoms with Gasteiger partial charge >= 0.3 is 0 Å². The van der Waals surface area contributed by atoms with Crippen LogP contribution in [0, 0.1) is 0 Å². The van der Waals surface area contributed by atoms with Gasteiger partial charge in [0.1, 0.15) is 11.8 Å². The van der Waals surface area contributed by atoms with Gasteiger partial charge in [0.15, 0.2) is 11.5 Å². The molecule has 1 amide bonds. The molecule has 0 saturated heterocycles. The number of rotatable bonds is 8. The molecule has 24 heavy (non-hydrogen) atoms. The van der Waals surface area contributed by atoms with Crippen molar-refractivity contribution in [3.05, 3.63) is 53.6 Å². The number of hydrogen-bond acceptors (Lipinski definition) is 5. The van der Waals surface area contributed by atoms with Gasteiger partial charge in [-0.15, -0.1) is 0 Å². The fraction of sp³-hybridized carbons (Fsp3) is 0.278. The van der Waals surface area contributed by atoms with Crippen molar-refractivity contribution in [3.63, 3.8) is 0 Å². The Morgan fingerprint density at radius 3 is 2.12 bits per heavy atom. The minimum Gasteiger partial charge on any atom is -0.496 e. The average molecular weight is 330 g/mol. The lowest BCUT2D eigenvalue weighted by atomic mass is 10.1. The molecular weight excluding hydrogens is 308 g/mol. The van der Waals surface area contributed by atoms with Crippen LogP contribution < -0.4 is 25.3 Å². The minimum atomic E-state index is -0.594. The number of amides is 1. The molecule has 128 valence electrons. The third-order valence-corrected chi connectivity index (χ3v) is 3.70. The van der Waals surface area contributed by atoms with Gasteiger partial charge in [-0.1, -0.05) is 30.3 Å². The third-order valence-electron chi connectivity index (χ3n) is 3.70. The van der Waals surface area contributed by atoms with Crippen molar-refractivity contribution >= 4 is 5.91 Å². The summed E-state index contributed by atoms with van der Waals surface area (Å²) in [5.74, 6) is 1.36. The molecule has 2 aromatic rings. The summed E-state index contributed by atoms with van der Waals surface area (Å²) in [5, 5.41) is 3.16. The highest BCUT2D eigenvalue weighted by molar-refractivity contribution is 5.81. The molecule has 2 aromatic carbocycles. The Labute approximate surface area is 141 Å². The molecule has 0 aliphatic carbocycles. The van der Waals surface area contributed by atoms with E-state index in [1.165, 1.54) is 0 Å². The molecule has 0 spiro atoms. The summed E-state index contributed by atoms with van der Waals surface area (Å²) in [6, 6.07) is 12.3. The maximum atomic E-state index is 11.8. The first-order valence-electron chi connectivity index (χ1n) is 7.47. The first-order valence-corrected chi connectivity index (χ1v) is 7.47. The Balaban J connectivity index is 2.24. The van der Waals surface area contributed by atoms with E-state index in [1.807, 2.05) is 36.4 Å². The van der Waals surface area contributed by atoms with Crippen LogP contribution in [0.5, 0.6) is 17.2 Å². The number of nitrogens with one attached hydrogen (secondary N) is 1. The number of carbonyl (C=O) groups is 1. The average Bonchev–Trinajstić information content (AvgIpc) is 2.61. The number of primary amides is 1. The van der Waals surface area contributed by atoms with E-state index in [-0.39, 0.29) is 0 Å². The first-order chi connectivity index (χ1) is 11.6. The Bertz CT molecular complexity index is 689. The van der Waals surface area contributed by atoms with E-state index in [1.54, 1.807) is 27.4 Å². The molecule has 0 aromatic heterocycles. The summed E-state index contributed by atoms with van der Waals surface area (Å²) in [5.41, 5.74) is 7.17. The van der Waals surface area contributed by atoms with Crippen LogP contribution in [0.1, 0.15) is 17.2 Å². The Morgan fingerprint density at radius 1 is 1.00 bits per heavy atom. The zero-order valence-corrected chi connectivity index (χ0v) is 14.0. The van der Waals surface area contributed by atoms with E-state index in [2.05, 4.69) is 5.32 Å². The first kappa shape index (κ1) is 17.6. The van der Waals surface area contributed by atoms with E-state index in [0.717, 1.165) is 11.1 Å². The number of benzene rings is 2. The van der Waals surface area contributed by atoms with Gasteiger partial charge in [-0.2, -0.15) is 0 Å². The van der Waals surface area contributed by atoms with Crippen molar-refractivity contribution in [2.75, 3.05) is 21.3 Å². The van der Waals surface area contributed by atoms with Crippen LogP contribution in [-0.4, -0.2) is 27.2 Å². The molecule has 0 aliphatic rings. The highest BCUT2D eigenvalue weighted by atomic mass is 16.5. The smallest absolute Gasteiger partial charge is 0.239 e. The van der Waals surface area contributed by atoms with Crippen molar-refractivity contribution < 1.29 is 19.0 Å². The summed E-state index contributed by atoms with van der Waals surface area (Å²) in [4.78, 5) is 11.8. The van der Waals surface area contributed by atoms with Crippen LogP contribution in [0.4, 0.5) is 0 Å². The number of hydrogen-bond donors (Lipinski definition) is 2. The molecule has 0 saturated carbocycles. The highest BCUT2D eigenvalue weighted by Gasteiger charge is 2.18. The Kier molecular flexibility index (Phi) is 6.03. The molecule has 6 nitrogen and oxygen atoms in total. The van der Waals surface area contributed by atoms with Crippen molar-refractivity contribution in [3.8, 4) is 17.2 Å². The van der Waals surface area contributed by atoms with Crippen molar-refractivity contribution in [2.45, 2.75) is 12.6 Å². The quantitative estimate of drug-likeness (QED) is 0.774. The van der Waals surface area contributed by atoms with Gasteiger partial charge in [-0.05, 0) is 11.6 Å². The van der Waals surface area contributed by atoms with Gasteiger partial charge < -0.3 is 19.9 Å². The normalized spacial score (nSPS) is 11.6. The molecule has 1 unspecified atom stereocenters. The van der Waals surface area contributed by atoms with Crippen molar-refractivity contribution in [2.24, 2.45) is 5.73 Å². The van der Waals surface area contributed by atoms with E-state index < -0.39 is 11.9 Å². The van der Waals surface area contributed by atoms with Gasteiger partial charge in [-0.3, -0.25) is 10.1 Å². The van der Waals surface area contributed by atoms with E-state index in [9.17, 15) is 4.79 Å². The van der Waals surface area contributed by atoms with Gasteiger partial charge in [0.2, 0.25) is 5.91 Å². The Morgan fingerprint density at radius 2 is 1.58 bits per heavy atom. The fourth-order valence-electron chi connectivity index (χ4n) is 2.47. The molecule has 2 rings (SSSR count). The van der Waals surface area contributed by atoms with Crippen LogP contribution in [0.25, 0.3) is 0 Å².